The van der Waals surface area contributed by atoms with Gasteiger partial charge in [-0.3, -0.25) is 19.6 Å². The van der Waals surface area contributed by atoms with E-state index < -0.39 is 29.6 Å². The quantitative estimate of drug-likeness (QED) is 0.0957. The fourth-order valence-electron chi connectivity index (χ4n) is 2.72. The fraction of sp³-hybridized carbons (Fsp3) is 0.471. The van der Waals surface area contributed by atoms with Crippen LogP contribution in [0.5, 0.6) is 0 Å². The van der Waals surface area contributed by atoms with Crippen molar-refractivity contribution >= 4 is 24.2 Å². The zero-order valence-electron chi connectivity index (χ0n) is 16.5. The predicted octanol–water partition coefficient (Wildman–Crippen LogP) is -2.17. The number of hydrogen-bond donors (Lipinski definition) is 5. The van der Waals surface area contributed by atoms with Crippen LogP contribution >= 0.6 is 0 Å². The summed E-state index contributed by atoms with van der Waals surface area (Å²) in [6, 6.07) is 0.940. The number of nitrogens with zero attached hydrogens (tertiary/aromatic N) is 3. The molecule has 2 rings (SSSR count). The van der Waals surface area contributed by atoms with Gasteiger partial charge in [0.2, 0.25) is 11.6 Å². The third kappa shape index (κ3) is 6.02. The Bertz CT molecular complexity index is 872. The highest BCUT2D eigenvalue weighted by molar-refractivity contribution is 5.78. The van der Waals surface area contributed by atoms with Gasteiger partial charge in [-0.15, -0.1) is 0 Å². The number of rotatable bonds is 9. The molecule has 8 N–H and O–H groups in total. The number of nitrogen functional groups attached to an aromatic ring is 1. The SMILES string of the molecule is CN(CCC(N)CC(=O)NC1(OC=O)C=CC(n2ccc(N)nc2=O)OC1)C(=N)N. The molecule has 30 heavy (non-hydrogen) atoms. The molecule has 0 fully saturated rings. The molecule has 1 aliphatic rings. The van der Waals surface area contributed by atoms with E-state index in [0.717, 1.165) is 0 Å². The van der Waals surface area contributed by atoms with Crippen molar-refractivity contribution in [3.8, 4) is 0 Å². The summed E-state index contributed by atoms with van der Waals surface area (Å²) in [6.45, 7) is 0.361. The number of ether oxygens (including phenoxy) is 2. The van der Waals surface area contributed by atoms with Crippen molar-refractivity contribution in [1.82, 2.24) is 19.8 Å². The maximum atomic E-state index is 12.4. The first kappa shape index (κ1) is 22.8. The average molecular weight is 422 g/mol. The van der Waals surface area contributed by atoms with Gasteiger partial charge in [0.15, 0.2) is 12.2 Å². The van der Waals surface area contributed by atoms with Crippen molar-refractivity contribution in [1.29, 1.82) is 5.41 Å². The van der Waals surface area contributed by atoms with Gasteiger partial charge in [-0.25, -0.2) is 4.79 Å². The van der Waals surface area contributed by atoms with E-state index in [0.29, 0.717) is 13.0 Å². The molecule has 1 amide bonds. The topological polar surface area (TPSA) is 205 Å². The lowest BCUT2D eigenvalue weighted by atomic mass is 10.1. The van der Waals surface area contributed by atoms with Crippen molar-refractivity contribution in [2.45, 2.75) is 30.8 Å². The third-order valence-corrected chi connectivity index (χ3v) is 4.43. The largest absolute Gasteiger partial charge is 0.435 e. The van der Waals surface area contributed by atoms with Crippen LogP contribution in [0, 0.1) is 5.41 Å². The lowest BCUT2D eigenvalue weighted by molar-refractivity contribution is -0.159. The number of anilines is 1. The summed E-state index contributed by atoms with van der Waals surface area (Å²) in [6.07, 6.45) is 3.86. The van der Waals surface area contributed by atoms with Crippen LogP contribution in [0.3, 0.4) is 0 Å². The van der Waals surface area contributed by atoms with E-state index in [1.807, 2.05) is 0 Å². The van der Waals surface area contributed by atoms with Gasteiger partial charge in [-0.1, -0.05) is 0 Å². The molecule has 0 bridgehead atoms. The molecular formula is C17H26N8O5. The molecule has 13 nitrogen and oxygen atoms in total. The molecule has 164 valence electrons. The molecule has 13 heteroatoms. The molecular weight excluding hydrogens is 396 g/mol. The number of nitrogens with two attached hydrogens (primary N) is 3. The standard InChI is InChI=1S/C17H26N8O5/c1-24(15(20)21)6-3-11(18)8-13(27)23-17(30-10-26)5-2-14(29-9-17)25-7-4-12(19)22-16(25)28/h2,4-5,7,10-11,14H,3,6,8-9,18H2,1H3,(H3,20,21)(H,23,27)(H2,19,22,28). The zero-order chi connectivity index (χ0) is 22.3. The van der Waals surface area contributed by atoms with Gasteiger partial charge in [0.05, 0.1) is 0 Å². The summed E-state index contributed by atoms with van der Waals surface area (Å²) < 4.78 is 11.8. The van der Waals surface area contributed by atoms with E-state index in [-0.39, 0.29) is 31.3 Å². The van der Waals surface area contributed by atoms with Gasteiger partial charge in [-0.2, -0.15) is 4.98 Å². The maximum absolute atomic E-state index is 12.4. The normalized spacial score (nSPS) is 21.5. The number of aromatic nitrogens is 2. The molecule has 0 aromatic carbocycles. The second-order valence-electron chi connectivity index (χ2n) is 6.81. The van der Waals surface area contributed by atoms with Gasteiger partial charge in [0, 0.05) is 32.3 Å². The van der Waals surface area contributed by atoms with Crippen LogP contribution in [0.25, 0.3) is 0 Å². The minimum absolute atomic E-state index is 0.0473. The molecule has 3 atom stereocenters. The third-order valence-electron chi connectivity index (χ3n) is 4.43. The monoisotopic (exact) mass is 422 g/mol. The highest BCUT2D eigenvalue weighted by Gasteiger charge is 2.36. The van der Waals surface area contributed by atoms with Gasteiger partial charge >= 0.3 is 5.69 Å². The summed E-state index contributed by atoms with van der Waals surface area (Å²) in [5.41, 5.74) is 14.6. The number of hydrogen-bond acceptors (Lipinski definition) is 9. The van der Waals surface area contributed by atoms with Crippen LogP contribution < -0.4 is 28.2 Å². The van der Waals surface area contributed by atoms with Crippen molar-refractivity contribution in [3.63, 3.8) is 0 Å². The van der Waals surface area contributed by atoms with E-state index in [1.54, 1.807) is 7.05 Å². The summed E-state index contributed by atoms with van der Waals surface area (Å²) in [5, 5.41) is 9.89. The Morgan fingerprint density at radius 2 is 2.37 bits per heavy atom. The van der Waals surface area contributed by atoms with Crippen LogP contribution in [-0.2, 0) is 19.1 Å². The highest BCUT2D eigenvalue weighted by Crippen LogP contribution is 2.22. The predicted molar refractivity (Wildman–Crippen MR) is 107 cm³/mol. The zero-order valence-corrected chi connectivity index (χ0v) is 16.5. The van der Waals surface area contributed by atoms with Crippen LogP contribution in [0.15, 0.2) is 29.2 Å². The smallest absolute Gasteiger partial charge is 0.351 e. The average Bonchev–Trinajstić information content (AvgIpc) is 2.67. The Kier molecular flexibility index (Phi) is 7.49. The highest BCUT2D eigenvalue weighted by atomic mass is 16.6. The van der Waals surface area contributed by atoms with Gasteiger partial charge in [0.1, 0.15) is 12.4 Å². The lowest BCUT2D eigenvalue weighted by Crippen LogP contribution is -2.55. The first-order valence-corrected chi connectivity index (χ1v) is 9.04. The van der Waals surface area contributed by atoms with E-state index in [9.17, 15) is 14.4 Å². The van der Waals surface area contributed by atoms with Crippen LogP contribution in [-0.4, -0.2) is 64.8 Å². The first-order chi connectivity index (χ1) is 14.2. The van der Waals surface area contributed by atoms with Crippen LogP contribution in [0.4, 0.5) is 5.82 Å². The Balaban J connectivity index is 2.01. The maximum Gasteiger partial charge on any atom is 0.351 e. The number of nitrogens with one attached hydrogen (secondary N) is 2. The number of carbonyl (C=O) groups excluding carboxylic acids is 2. The van der Waals surface area contributed by atoms with E-state index in [2.05, 4.69) is 10.3 Å². The molecule has 0 aliphatic carbocycles. The van der Waals surface area contributed by atoms with E-state index in [1.165, 1.54) is 33.9 Å². The molecule has 1 aromatic rings. The Labute approximate surface area is 172 Å². The van der Waals surface area contributed by atoms with Gasteiger partial charge in [0.25, 0.3) is 6.47 Å². The summed E-state index contributed by atoms with van der Waals surface area (Å²) >= 11 is 0. The fourth-order valence-corrected chi connectivity index (χ4v) is 2.72. The summed E-state index contributed by atoms with van der Waals surface area (Å²) in [5.74, 6) is -0.486. The molecule has 0 radical (unpaired) electrons. The van der Waals surface area contributed by atoms with Crippen LogP contribution in [0.1, 0.15) is 19.1 Å². The molecule has 0 saturated carbocycles. The molecule has 1 aromatic heterocycles. The molecule has 0 saturated heterocycles. The minimum Gasteiger partial charge on any atom is -0.435 e. The van der Waals surface area contributed by atoms with E-state index >= 15 is 0 Å². The van der Waals surface area contributed by atoms with Crippen molar-refractivity contribution in [2.75, 3.05) is 25.9 Å². The second-order valence-corrected chi connectivity index (χ2v) is 6.81. The van der Waals surface area contributed by atoms with Crippen molar-refractivity contribution in [2.24, 2.45) is 11.5 Å². The van der Waals surface area contributed by atoms with Gasteiger partial charge in [-0.05, 0) is 24.6 Å². The van der Waals surface area contributed by atoms with Crippen molar-refractivity contribution in [3.05, 3.63) is 34.9 Å². The summed E-state index contributed by atoms with van der Waals surface area (Å²) in [7, 11) is 1.64. The summed E-state index contributed by atoms with van der Waals surface area (Å²) in [4.78, 5) is 40.4. The molecule has 0 spiro atoms. The first-order valence-electron chi connectivity index (χ1n) is 9.04. The van der Waals surface area contributed by atoms with Crippen molar-refractivity contribution < 1.29 is 19.1 Å². The lowest BCUT2D eigenvalue weighted by Gasteiger charge is -2.35. The minimum atomic E-state index is -1.53. The van der Waals surface area contributed by atoms with E-state index in [4.69, 9.17) is 32.1 Å². The molecule has 2 heterocycles. The Morgan fingerprint density at radius 1 is 1.63 bits per heavy atom. The molecule has 1 aliphatic heterocycles. The Hall–Kier alpha value is -3.45. The number of amides is 1. The molecule has 3 unspecified atom stereocenters. The number of carbonyl (C=O) groups is 2. The second kappa shape index (κ2) is 9.84. The van der Waals surface area contributed by atoms with Gasteiger partial charge < -0.3 is 36.9 Å². The number of guanidine groups is 1. The van der Waals surface area contributed by atoms with Crippen LogP contribution in [0.2, 0.25) is 0 Å². The Morgan fingerprint density at radius 3 is 2.93 bits per heavy atom.